The molecule has 1 aromatic rings. The van der Waals surface area contributed by atoms with E-state index < -0.39 is 15.9 Å². The number of sulfone groups is 1. The summed E-state index contributed by atoms with van der Waals surface area (Å²) in [5.74, 6) is 2.94. The minimum atomic E-state index is -3.28. The predicted octanol–water partition coefficient (Wildman–Crippen LogP) is 1.86. The van der Waals surface area contributed by atoms with Crippen LogP contribution in [0.5, 0.6) is 0 Å². The number of benzene rings is 1. The van der Waals surface area contributed by atoms with Crippen LogP contribution in [-0.2, 0) is 9.84 Å². The largest absolute Gasteiger partial charge is 0.335 e. The lowest BCUT2D eigenvalue weighted by atomic mass is 10.0. The van der Waals surface area contributed by atoms with E-state index in [-0.39, 0.29) is 11.8 Å². The summed E-state index contributed by atoms with van der Waals surface area (Å²) >= 11 is 0. The second-order valence-electron chi connectivity index (χ2n) is 7.50. The van der Waals surface area contributed by atoms with E-state index in [2.05, 4.69) is 10.6 Å². The van der Waals surface area contributed by atoms with E-state index in [1.165, 1.54) is 19.3 Å². The first-order valence-corrected chi connectivity index (χ1v) is 10.1. The van der Waals surface area contributed by atoms with Gasteiger partial charge in [0.2, 0.25) is 0 Å². The molecule has 4 aliphatic rings. The molecule has 0 aromatic heterocycles. The Bertz CT molecular complexity index is 775. The van der Waals surface area contributed by atoms with E-state index in [0.717, 1.165) is 11.8 Å². The molecule has 2 bridgehead atoms. The minimum absolute atomic E-state index is 0.0391. The SMILES string of the molecule is O=C(NC1CS(=O)(=O)c2ccccc21)NC1C2C3CCC(C3)C12. The second kappa shape index (κ2) is 4.50. The first kappa shape index (κ1) is 13.8. The van der Waals surface area contributed by atoms with Gasteiger partial charge in [0.15, 0.2) is 9.84 Å². The van der Waals surface area contributed by atoms with Crippen molar-refractivity contribution < 1.29 is 13.2 Å². The van der Waals surface area contributed by atoms with Crippen LogP contribution in [0.15, 0.2) is 29.2 Å². The Morgan fingerprint density at radius 3 is 2.48 bits per heavy atom. The lowest BCUT2D eigenvalue weighted by molar-refractivity contribution is 0.235. The molecule has 0 spiro atoms. The highest BCUT2D eigenvalue weighted by atomic mass is 32.2. The zero-order valence-electron chi connectivity index (χ0n) is 12.7. The molecule has 5 atom stereocenters. The van der Waals surface area contributed by atoms with Crippen molar-refractivity contribution in [1.82, 2.24) is 10.6 Å². The first-order chi connectivity index (χ1) is 11.0. The minimum Gasteiger partial charge on any atom is -0.335 e. The Morgan fingerprint density at radius 1 is 1.04 bits per heavy atom. The van der Waals surface area contributed by atoms with Crippen LogP contribution in [0.2, 0.25) is 0 Å². The molecule has 2 amide bonds. The first-order valence-electron chi connectivity index (χ1n) is 8.43. The predicted molar refractivity (Wildman–Crippen MR) is 84.5 cm³/mol. The van der Waals surface area contributed by atoms with Crippen molar-refractivity contribution in [3.63, 3.8) is 0 Å². The molecule has 2 N–H and O–H groups in total. The van der Waals surface area contributed by atoms with E-state index in [1.54, 1.807) is 18.2 Å². The van der Waals surface area contributed by atoms with Crippen LogP contribution in [-0.4, -0.2) is 26.2 Å². The Hall–Kier alpha value is -1.56. The van der Waals surface area contributed by atoms with Gasteiger partial charge in [-0.2, -0.15) is 0 Å². The second-order valence-corrected chi connectivity index (χ2v) is 9.51. The fourth-order valence-electron chi connectivity index (χ4n) is 5.44. The molecular weight excluding hydrogens is 312 g/mol. The highest BCUT2D eigenvalue weighted by Gasteiger charge is 2.65. The molecule has 1 aliphatic heterocycles. The summed E-state index contributed by atoms with van der Waals surface area (Å²) in [6.45, 7) is 0. The molecule has 1 heterocycles. The zero-order valence-corrected chi connectivity index (χ0v) is 13.6. The third-order valence-corrected chi connectivity index (χ3v) is 8.17. The van der Waals surface area contributed by atoms with Crippen LogP contribution in [0.25, 0.3) is 0 Å². The zero-order chi connectivity index (χ0) is 15.8. The number of carbonyl (C=O) groups is 1. The van der Waals surface area contributed by atoms with Crippen LogP contribution in [0.3, 0.4) is 0 Å². The average Bonchev–Trinajstić information content (AvgIpc) is 2.85. The van der Waals surface area contributed by atoms with Gasteiger partial charge in [-0.3, -0.25) is 0 Å². The van der Waals surface area contributed by atoms with Crippen molar-refractivity contribution in [2.75, 3.05) is 5.75 Å². The van der Waals surface area contributed by atoms with Crippen molar-refractivity contribution in [2.24, 2.45) is 23.7 Å². The van der Waals surface area contributed by atoms with Gasteiger partial charge in [-0.05, 0) is 54.6 Å². The van der Waals surface area contributed by atoms with E-state index in [0.29, 0.717) is 28.3 Å². The Morgan fingerprint density at radius 2 is 1.74 bits per heavy atom. The Kier molecular flexibility index (Phi) is 2.71. The van der Waals surface area contributed by atoms with Gasteiger partial charge in [-0.1, -0.05) is 18.2 Å². The van der Waals surface area contributed by atoms with Crippen molar-refractivity contribution in [3.05, 3.63) is 29.8 Å². The summed E-state index contributed by atoms with van der Waals surface area (Å²) in [5, 5.41) is 5.97. The number of fused-ring (bicyclic) bond motifs is 6. The van der Waals surface area contributed by atoms with E-state index in [9.17, 15) is 13.2 Å². The smallest absolute Gasteiger partial charge is 0.315 e. The maximum absolute atomic E-state index is 12.3. The van der Waals surface area contributed by atoms with Crippen LogP contribution >= 0.6 is 0 Å². The maximum atomic E-state index is 12.3. The van der Waals surface area contributed by atoms with Gasteiger partial charge in [0.25, 0.3) is 0 Å². The fourth-order valence-corrected chi connectivity index (χ4v) is 7.18. The lowest BCUT2D eigenvalue weighted by Crippen LogP contribution is -2.41. The number of urea groups is 1. The lowest BCUT2D eigenvalue weighted by Gasteiger charge is -2.15. The summed E-state index contributed by atoms with van der Waals surface area (Å²) in [7, 11) is -3.28. The summed E-state index contributed by atoms with van der Waals surface area (Å²) in [6.07, 6.45) is 3.99. The quantitative estimate of drug-likeness (QED) is 0.868. The van der Waals surface area contributed by atoms with Crippen LogP contribution in [0.4, 0.5) is 4.79 Å². The van der Waals surface area contributed by atoms with Gasteiger partial charge >= 0.3 is 6.03 Å². The van der Waals surface area contributed by atoms with Crippen LogP contribution in [0, 0.1) is 23.7 Å². The third-order valence-electron chi connectivity index (χ3n) is 6.35. The molecule has 5 unspecified atom stereocenters. The number of hydrogen-bond donors (Lipinski definition) is 2. The Labute approximate surface area is 135 Å². The van der Waals surface area contributed by atoms with Gasteiger partial charge in [0.1, 0.15) is 0 Å². The van der Waals surface area contributed by atoms with Gasteiger partial charge in [-0.15, -0.1) is 0 Å². The Balaban J connectivity index is 1.28. The molecule has 122 valence electrons. The summed E-state index contributed by atoms with van der Waals surface area (Å²) in [6, 6.07) is 6.60. The van der Waals surface area contributed by atoms with Crippen LogP contribution < -0.4 is 10.6 Å². The number of carbonyl (C=O) groups excluding carboxylic acids is 1. The van der Waals surface area contributed by atoms with Crippen molar-refractivity contribution in [2.45, 2.75) is 36.2 Å². The molecule has 3 saturated carbocycles. The highest BCUT2D eigenvalue weighted by molar-refractivity contribution is 7.91. The normalized spacial score (nSPS) is 41.2. The topological polar surface area (TPSA) is 75.3 Å². The molecule has 0 radical (unpaired) electrons. The van der Waals surface area contributed by atoms with Gasteiger partial charge in [0, 0.05) is 6.04 Å². The molecule has 1 aromatic carbocycles. The highest BCUT2D eigenvalue weighted by Crippen LogP contribution is 2.65. The third kappa shape index (κ3) is 1.97. The standard InChI is InChI=1S/C17H20N2O3S/c20-17(19-16-14-9-5-6-10(7-9)15(14)16)18-12-8-23(21,22)13-4-2-1-3-11(12)13/h1-4,9-10,12,14-16H,5-8H2,(H2,18,19,20). The van der Waals surface area contributed by atoms with Crippen molar-refractivity contribution in [1.29, 1.82) is 0 Å². The molecule has 3 fully saturated rings. The van der Waals surface area contributed by atoms with E-state index in [1.807, 2.05) is 6.07 Å². The molecule has 0 saturated heterocycles. The number of hydrogen-bond acceptors (Lipinski definition) is 3. The monoisotopic (exact) mass is 332 g/mol. The summed E-state index contributed by atoms with van der Waals surface area (Å²) in [4.78, 5) is 12.7. The molecule has 5 nitrogen and oxygen atoms in total. The van der Waals surface area contributed by atoms with Gasteiger partial charge < -0.3 is 10.6 Å². The van der Waals surface area contributed by atoms with Crippen molar-refractivity contribution >= 4 is 15.9 Å². The number of amides is 2. The van der Waals surface area contributed by atoms with E-state index in [4.69, 9.17) is 0 Å². The molecule has 6 heteroatoms. The average molecular weight is 332 g/mol. The maximum Gasteiger partial charge on any atom is 0.315 e. The van der Waals surface area contributed by atoms with Crippen LogP contribution in [0.1, 0.15) is 30.9 Å². The molecule has 23 heavy (non-hydrogen) atoms. The van der Waals surface area contributed by atoms with Gasteiger partial charge in [0.05, 0.1) is 16.7 Å². The van der Waals surface area contributed by atoms with Crippen molar-refractivity contribution in [3.8, 4) is 0 Å². The van der Waals surface area contributed by atoms with Gasteiger partial charge in [-0.25, -0.2) is 13.2 Å². The number of rotatable bonds is 2. The number of nitrogens with one attached hydrogen (secondary N) is 2. The molecular formula is C17H20N2O3S. The van der Waals surface area contributed by atoms with E-state index >= 15 is 0 Å². The summed E-state index contributed by atoms with van der Waals surface area (Å²) < 4.78 is 24.3. The molecule has 5 rings (SSSR count). The summed E-state index contributed by atoms with van der Waals surface area (Å²) in [5.41, 5.74) is 0.707. The fraction of sp³-hybridized carbons (Fsp3) is 0.588. The molecule has 3 aliphatic carbocycles.